The van der Waals surface area contributed by atoms with Gasteiger partial charge in [0.1, 0.15) is 5.78 Å². The number of nitro benzene ring substituents is 1. The second-order valence-corrected chi connectivity index (χ2v) is 5.56. The van der Waals surface area contributed by atoms with E-state index in [4.69, 9.17) is 11.6 Å². The lowest BCUT2D eigenvalue weighted by Crippen LogP contribution is -2.35. The molecule has 1 saturated heterocycles. The van der Waals surface area contributed by atoms with Gasteiger partial charge in [0.05, 0.1) is 15.5 Å². The van der Waals surface area contributed by atoms with Gasteiger partial charge in [0, 0.05) is 18.5 Å². The van der Waals surface area contributed by atoms with E-state index in [9.17, 15) is 14.9 Å². The molecule has 0 N–H and O–H groups in total. The van der Waals surface area contributed by atoms with Gasteiger partial charge in [0.25, 0.3) is 5.69 Å². The Morgan fingerprint density at radius 1 is 1.45 bits per heavy atom. The van der Waals surface area contributed by atoms with Crippen molar-refractivity contribution in [3.8, 4) is 0 Å². The average Bonchev–Trinajstić information content (AvgIpc) is 2.41. The molecule has 1 aromatic carbocycles. The summed E-state index contributed by atoms with van der Waals surface area (Å²) in [6.45, 7) is 3.62. The van der Waals surface area contributed by atoms with Crippen molar-refractivity contribution >= 4 is 23.1 Å². The number of rotatable bonds is 4. The number of carbonyl (C=O) groups excluding carboxylic acids is 1. The molecule has 0 amide bonds. The molecule has 0 spiro atoms. The summed E-state index contributed by atoms with van der Waals surface area (Å²) < 4.78 is 0. The first-order valence-corrected chi connectivity index (χ1v) is 7.01. The third kappa shape index (κ3) is 3.35. The quantitative estimate of drug-likeness (QED) is 0.633. The van der Waals surface area contributed by atoms with Crippen LogP contribution in [0.3, 0.4) is 0 Å². The Hall–Kier alpha value is -1.46. The number of likely N-dealkylation sites (tertiary alicyclic amines) is 1. The highest BCUT2D eigenvalue weighted by Crippen LogP contribution is 2.29. The Bertz CT molecular complexity index is 525. The number of halogens is 1. The summed E-state index contributed by atoms with van der Waals surface area (Å²) in [6, 6.07) is 4.74. The summed E-state index contributed by atoms with van der Waals surface area (Å²) in [5, 5.41) is 11.5. The van der Waals surface area contributed by atoms with Crippen molar-refractivity contribution in [2.75, 3.05) is 13.1 Å². The first-order chi connectivity index (χ1) is 9.49. The van der Waals surface area contributed by atoms with Crippen LogP contribution in [0.5, 0.6) is 0 Å². The Morgan fingerprint density at radius 3 is 2.65 bits per heavy atom. The minimum Gasteiger partial charge on any atom is -0.300 e. The van der Waals surface area contributed by atoms with E-state index in [-0.39, 0.29) is 17.4 Å². The van der Waals surface area contributed by atoms with E-state index in [1.54, 1.807) is 19.1 Å². The molecule has 0 bridgehead atoms. The van der Waals surface area contributed by atoms with Gasteiger partial charge in [-0.3, -0.25) is 19.8 Å². The Balaban J connectivity index is 2.08. The van der Waals surface area contributed by atoms with Crippen molar-refractivity contribution in [3.05, 3.63) is 38.9 Å². The molecule has 0 unspecified atom stereocenters. The van der Waals surface area contributed by atoms with Crippen LogP contribution in [0.15, 0.2) is 18.2 Å². The number of carbonyl (C=O) groups is 1. The minimum absolute atomic E-state index is 0.0613. The van der Waals surface area contributed by atoms with Crippen molar-refractivity contribution in [1.29, 1.82) is 0 Å². The van der Waals surface area contributed by atoms with Crippen molar-refractivity contribution in [2.45, 2.75) is 26.3 Å². The zero-order chi connectivity index (χ0) is 14.7. The number of nitrogens with zero attached hydrogens (tertiary/aromatic N) is 2. The molecule has 2 rings (SSSR count). The maximum Gasteiger partial charge on any atom is 0.275 e. The summed E-state index contributed by atoms with van der Waals surface area (Å²) in [5.74, 6) is 0.362. The molecule has 1 fully saturated rings. The first-order valence-electron chi connectivity index (χ1n) is 6.63. The van der Waals surface area contributed by atoms with Crippen LogP contribution in [0.1, 0.15) is 25.3 Å². The lowest BCUT2D eigenvalue weighted by Gasteiger charge is -2.30. The standard InChI is InChI=1S/C14H17ClN2O3/c1-10(18)11-5-7-16(8-6-11)9-12-13(15)3-2-4-14(12)17(19)20/h2-4,11H,5-9H2,1H3. The molecule has 108 valence electrons. The maximum atomic E-state index is 11.3. The minimum atomic E-state index is -0.399. The van der Waals surface area contributed by atoms with Gasteiger partial charge < -0.3 is 0 Å². The van der Waals surface area contributed by atoms with Crippen LogP contribution in [0.4, 0.5) is 5.69 Å². The van der Waals surface area contributed by atoms with Gasteiger partial charge in [0.15, 0.2) is 0 Å². The molecule has 5 nitrogen and oxygen atoms in total. The number of benzene rings is 1. The maximum absolute atomic E-state index is 11.3. The molecule has 1 heterocycles. The smallest absolute Gasteiger partial charge is 0.275 e. The molecule has 1 aliphatic heterocycles. The summed E-state index contributed by atoms with van der Waals surface area (Å²) in [5.41, 5.74) is 0.617. The Labute approximate surface area is 122 Å². The molecule has 6 heteroatoms. The molecule has 0 aromatic heterocycles. The fraction of sp³-hybridized carbons (Fsp3) is 0.500. The van der Waals surface area contributed by atoms with Gasteiger partial charge in [-0.05, 0) is 38.9 Å². The van der Waals surface area contributed by atoms with E-state index in [1.807, 2.05) is 0 Å². The zero-order valence-corrected chi connectivity index (χ0v) is 12.1. The number of Topliss-reactive ketones (excluding diaryl/α,β-unsaturated/α-hetero) is 1. The van der Waals surface area contributed by atoms with E-state index in [0.29, 0.717) is 17.1 Å². The van der Waals surface area contributed by atoms with Gasteiger partial charge in [-0.25, -0.2) is 0 Å². The van der Waals surface area contributed by atoms with E-state index in [2.05, 4.69) is 4.90 Å². The molecular formula is C14H17ClN2O3. The molecule has 0 atom stereocenters. The van der Waals surface area contributed by atoms with Crippen molar-refractivity contribution < 1.29 is 9.72 Å². The second-order valence-electron chi connectivity index (χ2n) is 5.16. The largest absolute Gasteiger partial charge is 0.300 e. The highest BCUT2D eigenvalue weighted by Gasteiger charge is 2.25. The van der Waals surface area contributed by atoms with Crippen LogP contribution in [-0.2, 0) is 11.3 Å². The zero-order valence-electron chi connectivity index (χ0n) is 11.3. The fourth-order valence-corrected chi connectivity index (χ4v) is 2.83. The van der Waals surface area contributed by atoms with Gasteiger partial charge in [0.2, 0.25) is 0 Å². The molecule has 0 radical (unpaired) electrons. The fourth-order valence-electron chi connectivity index (χ4n) is 2.60. The molecule has 0 saturated carbocycles. The monoisotopic (exact) mass is 296 g/mol. The predicted octanol–water partition coefficient (Wildman–Crippen LogP) is 3.05. The summed E-state index contributed by atoms with van der Waals surface area (Å²) >= 11 is 6.09. The number of nitro groups is 1. The van der Waals surface area contributed by atoms with Gasteiger partial charge in [-0.15, -0.1) is 0 Å². The summed E-state index contributed by atoms with van der Waals surface area (Å²) in [6.07, 6.45) is 1.63. The SMILES string of the molecule is CC(=O)C1CCN(Cc2c(Cl)cccc2[N+](=O)[O-])CC1. The highest BCUT2D eigenvalue weighted by molar-refractivity contribution is 6.31. The number of piperidine rings is 1. The van der Waals surface area contributed by atoms with Crippen LogP contribution in [0.25, 0.3) is 0 Å². The molecule has 1 aliphatic rings. The van der Waals surface area contributed by atoms with Gasteiger partial charge >= 0.3 is 0 Å². The second kappa shape index (κ2) is 6.33. The third-order valence-corrected chi connectivity index (χ3v) is 4.19. The summed E-state index contributed by atoms with van der Waals surface area (Å²) in [4.78, 5) is 24.1. The lowest BCUT2D eigenvalue weighted by atomic mass is 9.93. The van der Waals surface area contributed by atoms with E-state index < -0.39 is 4.92 Å². The van der Waals surface area contributed by atoms with Crippen molar-refractivity contribution in [3.63, 3.8) is 0 Å². The molecular weight excluding hydrogens is 280 g/mol. The Morgan fingerprint density at radius 2 is 2.10 bits per heavy atom. The van der Waals surface area contributed by atoms with Crippen molar-refractivity contribution in [1.82, 2.24) is 4.90 Å². The normalized spacial score (nSPS) is 17.1. The van der Waals surface area contributed by atoms with Crippen LogP contribution in [0.2, 0.25) is 5.02 Å². The number of hydrogen-bond acceptors (Lipinski definition) is 4. The van der Waals surface area contributed by atoms with Gasteiger partial charge in [-0.1, -0.05) is 17.7 Å². The van der Waals surface area contributed by atoms with Crippen LogP contribution >= 0.6 is 11.6 Å². The van der Waals surface area contributed by atoms with Crippen molar-refractivity contribution in [2.24, 2.45) is 5.92 Å². The van der Waals surface area contributed by atoms with E-state index in [0.717, 1.165) is 25.9 Å². The molecule has 1 aromatic rings. The Kier molecular flexibility index (Phi) is 4.73. The molecule has 0 aliphatic carbocycles. The lowest BCUT2D eigenvalue weighted by molar-refractivity contribution is -0.385. The first kappa shape index (κ1) is 14.9. The average molecular weight is 297 g/mol. The number of ketones is 1. The van der Waals surface area contributed by atoms with E-state index >= 15 is 0 Å². The topological polar surface area (TPSA) is 63.5 Å². The van der Waals surface area contributed by atoms with Crippen LogP contribution in [0, 0.1) is 16.0 Å². The highest BCUT2D eigenvalue weighted by atomic mass is 35.5. The van der Waals surface area contributed by atoms with Crippen LogP contribution < -0.4 is 0 Å². The third-order valence-electron chi connectivity index (χ3n) is 3.84. The molecule has 20 heavy (non-hydrogen) atoms. The predicted molar refractivity (Wildman–Crippen MR) is 76.8 cm³/mol. The van der Waals surface area contributed by atoms with E-state index in [1.165, 1.54) is 6.07 Å². The summed E-state index contributed by atoms with van der Waals surface area (Å²) in [7, 11) is 0. The number of hydrogen-bond donors (Lipinski definition) is 0. The van der Waals surface area contributed by atoms with Crippen LogP contribution in [-0.4, -0.2) is 28.7 Å². The van der Waals surface area contributed by atoms with Gasteiger partial charge in [-0.2, -0.15) is 0 Å².